The minimum atomic E-state index is -0.651. The van der Waals surface area contributed by atoms with E-state index in [0.29, 0.717) is 25.6 Å². The second kappa shape index (κ2) is 3.89. The van der Waals surface area contributed by atoms with Crippen LogP contribution in [0.4, 0.5) is 0 Å². The van der Waals surface area contributed by atoms with E-state index in [9.17, 15) is 9.90 Å². The van der Waals surface area contributed by atoms with E-state index in [2.05, 4.69) is 0 Å². The molecule has 0 aromatic rings. The molecule has 14 heavy (non-hydrogen) atoms. The summed E-state index contributed by atoms with van der Waals surface area (Å²) in [5.74, 6) is -0.0188. The number of hydrogen-bond donors (Lipinski definition) is 1. The van der Waals surface area contributed by atoms with Crippen molar-refractivity contribution < 1.29 is 14.6 Å². The van der Waals surface area contributed by atoms with Gasteiger partial charge in [-0.15, -0.1) is 0 Å². The van der Waals surface area contributed by atoms with Gasteiger partial charge >= 0.3 is 5.97 Å². The van der Waals surface area contributed by atoms with Crippen molar-refractivity contribution in [2.24, 2.45) is 11.3 Å². The Hall–Kier alpha value is -0.570. The molecule has 1 aliphatic heterocycles. The van der Waals surface area contributed by atoms with E-state index in [0.717, 1.165) is 6.42 Å². The van der Waals surface area contributed by atoms with E-state index in [-0.39, 0.29) is 0 Å². The molecule has 1 aliphatic carbocycles. The van der Waals surface area contributed by atoms with Crippen molar-refractivity contribution in [2.45, 2.75) is 38.5 Å². The Labute approximate surface area is 84.4 Å². The van der Waals surface area contributed by atoms with Crippen molar-refractivity contribution in [3.8, 4) is 0 Å². The van der Waals surface area contributed by atoms with E-state index >= 15 is 0 Å². The third-order valence-corrected chi connectivity index (χ3v) is 3.71. The van der Waals surface area contributed by atoms with E-state index in [4.69, 9.17) is 4.74 Å². The van der Waals surface area contributed by atoms with E-state index in [1.165, 1.54) is 25.7 Å². The van der Waals surface area contributed by atoms with Crippen LogP contribution in [-0.2, 0) is 9.53 Å². The van der Waals surface area contributed by atoms with Gasteiger partial charge in [-0.25, -0.2) is 0 Å². The van der Waals surface area contributed by atoms with Crippen LogP contribution in [0.25, 0.3) is 0 Å². The third kappa shape index (κ3) is 1.78. The molecule has 1 saturated carbocycles. The molecule has 0 spiro atoms. The molecule has 0 aromatic carbocycles. The van der Waals surface area contributed by atoms with Gasteiger partial charge in [0, 0.05) is 6.61 Å². The van der Waals surface area contributed by atoms with Crippen LogP contribution in [0.5, 0.6) is 0 Å². The zero-order chi connectivity index (χ0) is 10.0. The molecule has 3 heteroatoms. The van der Waals surface area contributed by atoms with Crippen LogP contribution in [0.1, 0.15) is 38.5 Å². The van der Waals surface area contributed by atoms with Gasteiger partial charge in [0.15, 0.2) is 0 Å². The van der Waals surface area contributed by atoms with Gasteiger partial charge < -0.3 is 9.84 Å². The van der Waals surface area contributed by atoms with Gasteiger partial charge in [0.2, 0.25) is 0 Å². The van der Waals surface area contributed by atoms with Gasteiger partial charge in [-0.3, -0.25) is 4.79 Å². The van der Waals surface area contributed by atoms with Crippen molar-refractivity contribution >= 4 is 5.97 Å². The highest BCUT2D eigenvalue weighted by Crippen LogP contribution is 2.40. The molecule has 2 rings (SSSR count). The molecule has 80 valence electrons. The van der Waals surface area contributed by atoms with Gasteiger partial charge in [-0.05, 0) is 18.8 Å². The first-order valence-corrected chi connectivity index (χ1v) is 5.54. The third-order valence-electron chi connectivity index (χ3n) is 3.71. The number of carboxylic acids is 1. The second-order valence-electron chi connectivity index (χ2n) is 4.74. The lowest BCUT2D eigenvalue weighted by atomic mass is 9.78. The van der Waals surface area contributed by atoms with Gasteiger partial charge in [0.05, 0.1) is 12.0 Å². The molecular formula is C11H18O3. The summed E-state index contributed by atoms with van der Waals surface area (Å²) in [6.07, 6.45) is 6.54. The Morgan fingerprint density at radius 2 is 2.14 bits per heavy atom. The topological polar surface area (TPSA) is 46.5 Å². The maximum atomic E-state index is 11.2. The number of carboxylic acid groups (broad SMARTS) is 1. The van der Waals surface area contributed by atoms with Crippen LogP contribution >= 0.6 is 0 Å². The zero-order valence-corrected chi connectivity index (χ0v) is 8.50. The summed E-state index contributed by atoms with van der Waals surface area (Å²) in [6.45, 7) is 1.05. The SMILES string of the molecule is O=C(O)C1(CC2CCCC2)CCOC1. The molecule has 3 nitrogen and oxygen atoms in total. The summed E-state index contributed by atoms with van der Waals surface area (Å²) in [7, 11) is 0. The molecule has 1 unspecified atom stereocenters. The van der Waals surface area contributed by atoms with Crippen LogP contribution in [0.15, 0.2) is 0 Å². The monoisotopic (exact) mass is 198 g/mol. The molecule has 1 N–H and O–H groups in total. The highest BCUT2D eigenvalue weighted by molar-refractivity contribution is 5.75. The largest absolute Gasteiger partial charge is 0.481 e. The number of hydrogen-bond acceptors (Lipinski definition) is 2. The summed E-state index contributed by atoms with van der Waals surface area (Å²) in [4.78, 5) is 11.2. The van der Waals surface area contributed by atoms with Gasteiger partial charge in [0.1, 0.15) is 0 Å². The number of carbonyl (C=O) groups is 1. The number of aliphatic carboxylic acids is 1. The van der Waals surface area contributed by atoms with Crippen LogP contribution in [0, 0.1) is 11.3 Å². The molecule has 1 heterocycles. The first kappa shape index (κ1) is 9.97. The molecule has 2 fully saturated rings. The lowest BCUT2D eigenvalue weighted by Gasteiger charge is -2.25. The van der Waals surface area contributed by atoms with Crippen molar-refractivity contribution in [3.63, 3.8) is 0 Å². The maximum absolute atomic E-state index is 11.2. The first-order chi connectivity index (χ1) is 6.73. The predicted molar refractivity (Wildman–Crippen MR) is 52.1 cm³/mol. The predicted octanol–water partition coefficient (Wildman–Crippen LogP) is 2.06. The summed E-state index contributed by atoms with van der Waals surface area (Å²) in [6, 6.07) is 0. The lowest BCUT2D eigenvalue weighted by molar-refractivity contribution is -0.150. The summed E-state index contributed by atoms with van der Waals surface area (Å²) in [5, 5.41) is 9.24. The minimum absolute atomic E-state index is 0.429. The molecule has 1 saturated heterocycles. The Kier molecular flexibility index (Phi) is 2.77. The average molecular weight is 198 g/mol. The van der Waals surface area contributed by atoms with Crippen molar-refractivity contribution in [3.05, 3.63) is 0 Å². The molecular weight excluding hydrogens is 180 g/mol. The van der Waals surface area contributed by atoms with Crippen LogP contribution in [-0.4, -0.2) is 24.3 Å². The van der Waals surface area contributed by atoms with Crippen LogP contribution < -0.4 is 0 Å². The van der Waals surface area contributed by atoms with E-state index < -0.39 is 11.4 Å². The van der Waals surface area contributed by atoms with Gasteiger partial charge in [-0.2, -0.15) is 0 Å². The second-order valence-corrected chi connectivity index (χ2v) is 4.74. The van der Waals surface area contributed by atoms with Crippen LogP contribution in [0.2, 0.25) is 0 Å². The fourth-order valence-corrected chi connectivity index (χ4v) is 2.79. The van der Waals surface area contributed by atoms with Gasteiger partial charge in [0.25, 0.3) is 0 Å². The molecule has 0 radical (unpaired) electrons. The Morgan fingerprint density at radius 3 is 2.64 bits per heavy atom. The zero-order valence-electron chi connectivity index (χ0n) is 8.50. The summed E-state index contributed by atoms with van der Waals surface area (Å²) in [5.41, 5.74) is -0.547. The van der Waals surface area contributed by atoms with E-state index in [1.54, 1.807) is 0 Å². The van der Waals surface area contributed by atoms with E-state index in [1.807, 2.05) is 0 Å². The summed E-state index contributed by atoms with van der Waals surface area (Å²) < 4.78 is 5.25. The Morgan fingerprint density at radius 1 is 1.43 bits per heavy atom. The number of rotatable bonds is 3. The molecule has 0 bridgehead atoms. The Bertz CT molecular complexity index is 213. The fourth-order valence-electron chi connectivity index (χ4n) is 2.79. The first-order valence-electron chi connectivity index (χ1n) is 5.54. The number of ether oxygens (including phenoxy) is 1. The van der Waals surface area contributed by atoms with Crippen molar-refractivity contribution in [2.75, 3.05) is 13.2 Å². The van der Waals surface area contributed by atoms with Crippen molar-refractivity contribution in [1.82, 2.24) is 0 Å². The van der Waals surface area contributed by atoms with Crippen molar-refractivity contribution in [1.29, 1.82) is 0 Å². The Balaban J connectivity index is 1.99. The molecule has 0 amide bonds. The highest BCUT2D eigenvalue weighted by Gasteiger charge is 2.44. The normalized spacial score (nSPS) is 33.7. The standard InChI is InChI=1S/C11H18O3/c12-10(13)11(5-6-14-8-11)7-9-3-1-2-4-9/h9H,1-8H2,(H,12,13). The molecule has 1 atom stereocenters. The maximum Gasteiger partial charge on any atom is 0.312 e. The average Bonchev–Trinajstić information content (AvgIpc) is 2.76. The van der Waals surface area contributed by atoms with Gasteiger partial charge in [-0.1, -0.05) is 25.7 Å². The summed E-state index contributed by atoms with van der Waals surface area (Å²) >= 11 is 0. The quantitative estimate of drug-likeness (QED) is 0.755. The smallest absolute Gasteiger partial charge is 0.312 e. The van der Waals surface area contributed by atoms with Crippen LogP contribution in [0.3, 0.4) is 0 Å². The minimum Gasteiger partial charge on any atom is -0.481 e. The lowest BCUT2D eigenvalue weighted by Crippen LogP contribution is -2.33. The fraction of sp³-hybridized carbons (Fsp3) is 0.909. The molecule has 2 aliphatic rings. The molecule has 0 aromatic heterocycles. The highest BCUT2D eigenvalue weighted by atomic mass is 16.5.